The Kier molecular flexibility index (Phi) is 7.33. The summed E-state index contributed by atoms with van der Waals surface area (Å²) in [7, 11) is 0. The number of nitrogens with one attached hydrogen (secondary N) is 1. The molecular formula is C23H20Cl2N2O3. The molecule has 7 heteroatoms. The molecule has 0 saturated carbocycles. The molecule has 0 heterocycles. The summed E-state index contributed by atoms with van der Waals surface area (Å²) in [6, 6.07) is 19.2. The van der Waals surface area contributed by atoms with Gasteiger partial charge in [-0.05, 0) is 48.4 Å². The van der Waals surface area contributed by atoms with E-state index in [0.717, 1.165) is 11.1 Å². The smallest absolute Gasteiger partial charge is 0.255 e. The Bertz CT molecular complexity index is 1070. The molecular weight excluding hydrogens is 423 g/mol. The minimum atomic E-state index is -0.479. The lowest BCUT2D eigenvalue weighted by Gasteiger charge is -2.13. The second-order valence-electron chi connectivity index (χ2n) is 6.59. The summed E-state index contributed by atoms with van der Waals surface area (Å²) in [5.41, 5.74) is 7.85. The molecule has 3 aromatic rings. The molecule has 0 atom stereocenters. The molecule has 0 radical (unpaired) electrons. The van der Waals surface area contributed by atoms with Crippen molar-refractivity contribution in [2.45, 2.75) is 13.0 Å². The molecule has 2 amide bonds. The van der Waals surface area contributed by atoms with Crippen molar-refractivity contribution in [2.75, 3.05) is 6.54 Å². The summed E-state index contributed by atoms with van der Waals surface area (Å²) in [4.78, 5) is 23.9. The maximum Gasteiger partial charge on any atom is 0.255 e. The van der Waals surface area contributed by atoms with Gasteiger partial charge in [0.2, 0.25) is 5.91 Å². The van der Waals surface area contributed by atoms with Crippen molar-refractivity contribution in [3.63, 3.8) is 0 Å². The monoisotopic (exact) mass is 442 g/mol. The first-order valence-electron chi connectivity index (χ1n) is 9.27. The van der Waals surface area contributed by atoms with Crippen LogP contribution in [0, 0.1) is 0 Å². The van der Waals surface area contributed by atoms with Gasteiger partial charge in [0, 0.05) is 27.7 Å². The highest BCUT2D eigenvalue weighted by Gasteiger charge is 2.13. The molecule has 154 valence electrons. The predicted octanol–water partition coefficient (Wildman–Crippen LogP) is 4.64. The average molecular weight is 443 g/mol. The standard InChI is InChI=1S/C23H20Cl2N2O3/c24-18-9-8-17(20(25)13-18)14-30-21-7-2-1-6-19(21)23(29)27-11-10-15-4-3-5-16(12-15)22(26)28/h1-9,12-13H,10-11,14H2,(H2,26,28)(H,27,29). The van der Waals surface area contributed by atoms with Crippen molar-refractivity contribution in [2.24, 2.45) is 5.73 Å². The van der Waals surface area contributed by atoms with Crippen LogP contribution in [0.3, 0.4) is 0 Å². The molecule has 0 aromatic heterocycles. The fourth-order valence-corrected chi connectivity index (χ4v) is 3.33. The van der Waals surface area contributed by atoms with Crippen LogP contribution in [-0.4, -0.2) is 18.4 Å². The molecule has 0 spiro atoms. The van der Waals surface area contributed by atoms with Crippen LogP contribution < -0.4 is 15.8 Å². The Labute approximate surface area is 184 Å². The molecule has 0 fully saturated rings. The molecule has 30 heavy (non-hydrogen) atoms. The van der Waals surface area contributed by atoms with Gasteiger partial charge in [0.15, 0.2) is 0 Å². The molecule has 5 nitrogen and oxygen atoms in total. The Balaban J connectivity index is 1.61. The third kappa shape index (κ3) is 5.75. The number of amides is 2. The molecule has 0 unspecified atom stereocenters. The first kappa shape index (κ1) is 21.7. The van der Waals surface area contributed by atoms with Crippen molar-refractivity contribution in [3.8, 4) is 5.75 Å². The second kappa shape index (κ2) is 10.1. The number of nitrogens with two attached hydrogens (primary N) is 1. The molecule has 0 aliphatic heterocycles. The van der Waals surface area contributed by atoms with E-state index < -0.39 is 5.91 Å². The number of rotatable bonds is 8. The van der Waals surface area contributed by atoms with E-state index in [2.05, 4.69) is 5.32 Å². The lowest BCUT2D eigenvalue weighted by Crippen LogP contribution is -2.26. The Morgan fingerprint density at radius 1 is 0.967 bits per heavy atom. The van der Waals surface area contributed by atoms with Crippen molar-refractivity contribution < 1.29 is 14.3 Å². The van der Waals surface area contributed by atoms with Crippen LogP contribution >= 0.6 is 23.2 Å². The lowest BCUT2D eigenvalue weighted by atomic mass is 10.1. The van der Waals surface area contributed by atoms with E-state index >= 15 is 0 Å². The second-order valence-corrected chi connectivity index (χ2v) is 7.43. The molecule has 0 aliphatic rings. The summed E-state index contributed by atoms with van der Waals surface area (Å²) < 4.78 is 5.83. The fourth-order valence-electron chi connectivity index (χ4n) is 2.87. The first-order chi connectivity index (χ1) is 14.4. The van der Waals surface area contributed by atoms with Gasteiger partial charge in [0.1, 0.15) is 12.4 Å². The van der Waals surface area contributed by atoms with E-state index in [9.17, 15) is 9.59 Å². The number of para-hydroxylation sites is 1. The largest absolute Gasteiger partial charge is 0.488 e. The highest BCUT2D eigenvalue weighted by molar-refractivity contribution is 6.35. The summed E-state index contributed by atoms with van der Waals surface area (Å²) >= 11 is 12.1. The Hall–Kier alpha value is -3.02. The zero-order valence-electron chi connectivity index (χ0n) is 16.0. The summed E-state index contributed by atoms with van der Waals surface area (Å²) in [5.74, 6) is -0.275. The quantitative estimate of drug-likeness (QED) is 0.532. The number of hydrogen-bond donors (Lipinski definition) is 2. The van der Waals surface area contributed by atoms with Gasteiger partial charge in [0.05, 0.1) is 5.56 Å². The minimum Gasteiger partial charge on any atom is -0.488 e. The van der Waals surface area contributed by atoms with Gasteiger partial charge in [-0.25, -0.2) is 0 Å². The van der Waals surface area contributed by atoms with Crippen molar-refractivity contribution in [3.05, 3.63) is 99.0 Å². The van der Waals surface area contributed by atoms with E-state index in [1.807, 2.05) is 6.07 Å². The maximum absolute atomic E-state index is 12.6. The van der Waals surface area contributed by atoms with Gasteiger partial charge in [-0.2, -0.15) is 0 Å². The number of ether oxygens (including phenoxy) is 1. The van der Waals surface area contributed by atoms with Gasteiger partial charge in [0.25, 0.3) is 5.91 Å². The Morgan fingerprint density at radius 2 is 1.77 bits per heavy atom. The normalized spacial score (nSPS) is 10.5. The van der Waals surface area contributed by atoms with Gasteiger partial charge in [-0.3, -0.25) is 9.59 Å². The molecule has 3 N–H and O–H groups in total. The summed E-state index contributed by atoms with van der Waals surface area (Å²) in [5, 5.41) is 3.92. The fraction of sp³-hybridized carbons (Fsp3) is 0.130. The van der Waals surface area contributed by atoms with E-state index in [1.54, 1.807) is 60.7 Å². The van der Waals surface area contributed by atoms with Gasteiger partial charge < -0.3 is 15.8 Å². The number of carbonyl (C=O) groups is 2. The number of benzene rings is 3. The third-order valence-electron chi connectivity index (χ3n) is 4.44. The van der Waals surface area contributed by atoms with Crippen molar-refractivity contribution in [1.29, 1.82) is 0 Å². The molecule has 0 saturated heterocycles. The highest BCUT2D eigenvalue weighted by Crippen LogP contribution is 2.24. The molecule has 3 rings (SSSR count). The van der Waals surface area contributed by atoms with Gasteiger partial charge >= 0.3 is 0 Å². The zero-order chi connectivity index (χ0) is 21.5. The van der Waals surface area contributed by atoms with Gasteiger partial charge in [-0.15, -0.1) is 0 Å². The van der Waals surface area contributed by atoms with E-state index in [1.165, 1.54) is 0 Å². The number of halogens is 2. The van der Waals surface area contributed by atoms with Gasteiger partial charge in [-0.1, -0.05) is 53.5 Å². The van der Waals surface area contributed by atoms with Crippen LogP contribution in [-0.2, 0) is 13.0 Å². The highest BCUT2D eigenvalue weighted by atomic mass is 35.5. The molecule has 3 aromatic carbocycles. The first-order valence-corrected chi connectivity index (χ1v) is 10.0. The van der Waals surface area contributed by atoms with E-state index in [0.29, 0.717) is 39.9 Å². The van der Waals surface area contributed by atoms with Crippen molar-refractivity contribution in [1.82, 2.24) is 5.32 Å². The van der Waals surface area contributed by atoms with Crippen LogP contribution in [0.2, 0.25) is 10.0 Å². The van der Waals surface area contributed by atoms with Crippen LogP contribution in [0.4, 0.5) is 0 Å². The van der Waals surface area contributed by atoms with E-state index in [-0.39, 0.29) is 12.5 Å². The number of primary amides is 1. The predicted molar refractivity (Wildman–Crippen MR) is 118 cm³/mol. The van der Waals surface area contributed by atoms with Crippen LogP contribution in [0.15, 0.2) is 66.7 Å². The van der Waals surface area contributed by atoms with Crippen LogP contribution in [0.25, 0.3) is 0 Å². The van der Waals surface area contributed by atoms with E-state index in [4.69, 9.17) is 33.7 Å². The van der Waals surface area contributed by atoms with Crippen LogP contribution in [0.5, 0.6) is 5.75 Å². The summed E-state index contributed by atoms with van der Waals surface area (Å²) in [6.45, 7) is 0.610. The SMILES string of the molecule is NC(=O)c1cccc(CCNC(=O)c2ccccc2OCc2ccc(Cl)cc2Cl)c1. The van der Waals surface area contributed by atoms with Crippen LogP contribution in [0.1, 0.15) is 31.8 Å². The lowest BCUT2D eigenvalue weighted by molar-refractivity contribution is 0.0948. The topological polar surface area (TPSA) is 81.4 Å². The maximum atomic E-state index is 12.6. The summed E-state index contributed by atoms with van der Waals surface area (Å²) in [6.07, 6.45) is 0.566. The third-order valence-corrected chi connectivity index (χ3v) is 5.03. The zero-order valence-corrected chi connectivity index (χ0v) is 17.5. The minimum absolute atomic E-state index is 0.209. The number of carbonyl (C=O) groups excluding carboxylic acids is 2. The molecule has 0 bridgehead atoms. The average Bonchev–Trinajstić information content (AvgIpc) is 2.73. The van der Waals surface area contributed by atoms with Crippen molar-refractivity contribution >= 4 is 35.0 Å². The number of hydrogen-bond acceptors (Lipinski definition) is 3. The molecule has 0 aliphatic carbocycles. The Morgan fingerprint density at radius 3 is 2.53 bits per heavy atom.